The molecule has 2 heteroatoms. The van der Waals surface area contributed by atoms with Gasteiger partial charge in [0.1, 0.15) is 0 Å². The van der Waals surface area contributed by atoms with Crippen LogP contribution in [-0.4, -0.2) is 6.04 Å². The molecular formula is C16H22ClN. The van der Waals surface area contributed by atoms with E-state index in [1.54, 1.807) is 0 Å². The molecule has 0 radical (unpaired) electrons. The quantitative estimate of drug-likeness (QED) is 0.844. The lowest BCUT2D eigenvalue weighted by Gasteiger charge is -2.52. The molecule has 2 aliphatic carbocycles. The standard InChI is InChI=1S/C16H22ClN/c17-14-7-3-2-6-13(14)12-18-15-8-11-16(15)9-4-1-5-10-16/h2-3,6-7,15,18H,1,4-5,8-12H2/t15-/m0/s1. The normalized spacial score (nSPS) is 25.9. The van der Waals surface area contributed by atoms with Crippen LogP contribution in [0.4, 0.5) is 0 Å². The van der Waals surface area contributed by atoms with E-state index in [1.165, 1.54) is 50.5 Å². The lowest BCUT2D eigenvalue weighted by Crippen LogP contribution is -2.53. The second-order valence-electron chi connectivity index (χ2n) is 5.99. The van der Waals surface area contributed by atoms with Crippen LogP contribution in [0.3, 0.4) is 0 Å². The lowest BCUT2D eigenvalue weighted by atomic mass is 9.57. The van der Waals surface area contributed by atoms with Gasteiger partial charge < -0.3 is 5.32 Å². The molecular weight excluding hydrogens is 242 g/mol. The number of hydrogen-bond donors (Lipinski definition) is 1. The third-order valence-corrected chi connectivity index (χ3v) is 5.38. The van der Waals surface area contributed by atoms with Gasteiger partial charge in [-0.25, -0.2) is 0 Å². The molecule has 0 amide bonds. The van der Waals surface area contributed by atoms with E-state index in [9.17, 15) is 0 Å². The predicted molar refractivity (Wildman–Crippen MR) is 76.8 cm³/mol. The van der Waals surface area contributed by atoms with Crippen LogP contribution in [0.1, 0.15) is 50.5 Å². The molecule has 98 valence electrons. The first-order valence-electron chi connectivity index (χ1n) is 7.27. The molecule has 1 atom stereocenters. The molecule has 1 N–H and O–H groups in total. The third kappa shape index (κ3) is 2.31. The second kappa shape index (κ2) is 5.22. The minimum absolute atomic E-state index is 0.638. The van der Waals surface area contributed by atoms with E-state index in [4.69, 9.17) is 11.6 Å². The van der Waals surface area contributed by atoms with Crippen molar-refractivity contribution in [2.45, 2.75) is 57.5 Å². The summed E-state index contributed by atoms with van der Waals surface area (Å²) in [4.78, 5) is 0. The maximum absolute atomic E-state index is 6.21. The van der Waals surface area contributed by atoms with Gasteiger partial charge in [-0.05, 0) is 42.7 Å². The summed E-state index contributed by atoms with van der Waals surface area (Å²) in [6, 6.07) is 8.91. The highest BCUT2D eigenvalue weighted by Crippen LogP contribution is 2.51. The van der Waals surface area contributed by atoms with Crippen LogP contribution in [0.15, 0.2) is 24.3 Å². The van der Waals surface area contributed by atoms with Gasteiger partial charge in [-0.1, -0.05) is 49.1 Å². The van der Waals surface area contributed by atoms with Gasteiger partial charge in [0.25, 0.3) is 0 Å². The SMILES string of the molecule is Clc1ccccc1CN[C@H]1CCC12CCCCC2. The molecule has 0 aromatic heterocycles. The number of rotatable bonds is 3. The summed E-state index contributed by atoms with van der Waals surface area (Å²) in [5.74, 6) is 0. The van der Waals surface area contributed by atoms with E-state index in [2.05, 4.69) is 17.4 Å². The van der Waals surface area contributed by atoms with Crippen molar-refractivity contribution in [2.75, 3.05) is 0 Å². The zero-order valence-corrected chi connectivity index (χ0v) is 11.7. The van der Waals surface area contributed by atoms with Crippen LogP contribution in [-0.2, 0) is 6.54 Å². The smallest absolute Gasteiger partial charge is 0.0450 e. The molecule has 2 fully saturated rings. The van der Waals surface area contributed by atoms with Crippen LogP contribution in [0.25, 0.3) is 0 Å². The monoisotopic (exact) mass is 263 g/mol. The Morgan fingerprint density at radius 2 is 1.89 bits per heavy atom. The largest absolute Gasteiger partial charge is 0.309 e. The first-order chi connectivity index (χ1) is 8.80. The number of nitrogens with one attached hydrogen (secondary N) is 1. The van der Waals surface area contributed by atoms with Crippen LogP contribution >= 0.6 is 11.6 Å². The topological polar surface area (TPSA) is 12.0 Å². The zero-order chi connectivity index (χ0) is 12.4. The molecule has 0 heterocycles. The van der Waals surface area contributed by atoms with Crippen LogP contribution < -0.4 is 5.32 Å². The van der Waals surface area contributed by atoms with Gasteiger partial charge in [0, 0.05) is 17.6 Å². The van der Waals surface area contributed by atoms with E-state index in [1.807, 2.05) is 12.1 Å². The van der Waals surface area contributed by atoms with Crippen LogP contribution in [0.2, 0.25) is 5.02 Å². The second-order valence-corrected chi connectivity index (χ2v) is 6.39. The average Bonchev–Trinajstić information content (AvgIpc) is 2.41. The van der Waals surface area contributed by atoms with E-state index in [-0.39, 0.29) is 0 Å². The van der Waals surface area contributed by atoms with Gasteiger partial charge in [-0.15, -0.1) is 0 Å². The fraction of sp³-hybridized carbons (Fsp3) is 0.625. The summed E-state index contributed by atoms with van der Waals surface area (Å²) < 4.78 is 0. The maximum atomic E-state index is 6.21. The van der Waals surface area contributed by atoms with Crippen molar-refractivity contribution in [3.05, 3.63) is 34.9 Å². The minimum Gasteiger partial charge on any atom is -0.309 e. The molecule has 3 rings (SSSR count). The van der Waals surface area contributed by atoms with Crippen molar-refractivity contribution >= 4 is 11.6 Å². The van der Waals surface area contributed by atoms with Crippen molar-refractivity contribution < 1.29 is 0 Å². The summed E-state index contributed by atoms with van der Waals surface area (Å²) in [6.45, 7) is 0.923. The first-order valence-corrected chi connectivity index (χ1v) is 7.65. The Morgan fingerprint density at radius 3 is 2.56 bits per heavy atom. The van der Waals surface area contributed by atoms with Crippen molar-refractivity contribution in [3.63, 3.8) is 0 Å². The van der Waals surface area contributed by atoms with Gasteiger partial charge in [0.15, 0.2) is 0 Å². The van der Waals surface area contributed by atoms with Gasteiger partial charge in [0.2, 0.25) is 0 Å². The number of hydrogen-bond acceptors (Lipinski definition) is 1. The van der Waals surface area contributed by atoms with Crippen molar-refractivity contribution in [2.24, 2.45) is 5.41 Å². The Morgan fingerprint density at radius 1 is 1.11 bits per heavy atom. The Bertz CT molecular complexity index is 409. The molecule has 1 nitrogen and oxygen atoms in total. The minimum atomic E-state index is 0.638. The maximum Gasteiger partial charge on any atom is 0.0450 e. The van der Waals surface area contributed by atoms with E-state index in [0.29, 0.717) is 5.41 Å². The van der Waals surface area contributed by atoms with Crippen molar-refractivity contribution in [1.29, 1.82) is 0 Å². The highest BCUT2D eigenvalue weighted by Gasteiger charge is 2.46. The molecule has 0 unspecified atom stereocenters. The Kier molecular flexibility index (Phi) is 3.63. The summed E-state index contributed by atoms with van der Waals surface area (Å²) in [6.07, 6.45) is 9.98. The summed E-state index contributed by atoms with van der Waals surface area (Å²) in [5, 5.41) is 4.64. The van der Waals surface area contributed by atoms with Gasteiger partial charge in [0.05, 0.1) is 0 Å². The van der Waals surface area contributed by atoms with Crippen LogP contribution in [0, 0.1) is 5.41 Å². The number of halogens is 1. The van der Waals surface area contributed by atoms with Gasteiger partial charge in [-0.3, -0.25) is 0 Å². The average molecular weight is 264 g/mol. The molecule has 2 aliphatic rings. The van der Waals surface area contributed by atoms with E-state index < -0.39 is 0 Å². The van der Waals surface area contributed by atoms with Crippen molar-refractivity contribution in [3.8, 4) is 0 Å². The molecule has 0 bridgehead atoms. The van der Waals surface area contributed by atoms with E-state index in [0.717, 1.165) is 17.6 Å². The third-order valence-electron chi connectivity index (χ3n) is 5.02. The number of benzene rings is 1. The zero-order valence-electron chi connectivity index (χ0n) is 10.9. The predicted octanol–water partition coefficient (Wildman–Crippen LogP) is 4.54. The van der Waals surface area contributed by atoms with Crippen molar-refractivity contribution in [1.82, 2.24) is 5.32 Å². The summed E-state index contributed by atoms with van der Waals surface area (Å²) >= 11 is 6.21. The fourth-order valence-electron chi connectivity index (χ4n) is 3.74. The lowest BCUT2D eigenvalue weighted by molar-refractivity contribution is 0.0221. The molecule has 2 saturated carbocycles. The van der Waals surface area contributed by atoms with E-state index >= 15 is 0 Å². The Hall–Kier alpha value is -0.530. The highest BCUT2D eigenvalue weighted by molar-refractivity contribution is 6.31. The van der Waals surface area contributed by atoms with Crippen LogP contribution in [0.5, 0.6) is 0 Å². The molecule has 1 aromatic carbocycles. The highest BCUT2D eigenvalue weighted by atomic mass is 35.5. The molecule has 18 heavy (non-hydrogen) atoms. The molecule has 1 aromatic rings. The first kappa shape index (κ1) is 12.5. The molecule has 0 aliphatic heterocycles. The molecule has 0 saturated heterocycles. The Balaban J connectivity index is 1.59. The molecule has 1 spiro atoms. The van der Waals surface area contributed by atoms with Gasteiger partial charge >= 0.3 is 0 Å². The Labute approximate surface area is 115 Å². The summed E-state index contributed by atoms with van der Waals surface area (Å²) in [5.41, 5.74) is 1.87. The van der Waals surface area contributed by atoms with Gasteiger partial charge in [-0.2, -0.15) is 0 Å². The fourth-order valence-corrected chi connectivity index (χ4v) is 3.95. The summed E-state index contributed by atoms with van der Waals surface area (Å²) in [7, 11) is 0.